The number of nitrogens with zero attached hydrogens (tertiary/aromatic N) is 2. The lowest BCUT2D eigenvalue weighted by Crippen LogP contribution is -2.39. The molecular formula is C26H23ClN2O4S. The molecule has 1 atom stereocenters. The fourth-order valence-electron chi connectivity index (χ4n) is 3.77. The van der Waals surface area contributed by atoms with Crippen LogP contribution in [0.2, 0.25) is 5.02 Å². The van der Waals surface area contributed by atoms with Gasteiger partial charge in [0.25, 0.3) is 5.56 Å². The van der Waals surface area contributed by atoms with Crippen molar-refractivity contribution in [3.8, 4) is 5.75 Å². The van der Waals surface area contributed by atoms with Gasteiger partial charge in [-0.3, -0.25) is 9.36 Å². The summed E-state index contributed by atoms with van der Waals surface area (Å²) in [6.45, 7) is 7.75. The first-order valence-electron chi connectivity index (χ1n) is 10.7. The van der Waals surface area contributed by atoms with Crippen molar-refractivity contribution in [2.45, 2.75) is 19.9 Å². The van der Waals surface area contributed by atoms with Crippen molar-refractivity contribution < 1.29 is 14.3 Å². The number of aromatic nitrogens is 1. The molecule has 0 amide bonds. The zero-order valence-electron chi connectivity index (χ0n) is 18.8. The summed E-state index contributed by atoms with van der Waals surface area (Å²) in [5.41, 5.74) is 2.10. The van der Waals surface area contributed by atoms with Crippen LogP contribution in [0.1, 0.15) is 31.0 Å². The highest BCUT2D eigenvalue weighted by Gasteiger charge is 2.33. The number of rotatable bonds is 7. The second-order valence-corrected chi connectivity index (χ2v) is 8.94. The molecule has 0 N–H and O–H groups in total. The van der Waals surface area contributed by atoms with Crippen LogP contribution in [0.15, 0.2) is 82.2 Å². The number of ether oxygens (including phenoxy) is 2. The van der Waals surface area contributed by atoms with Crippen LogP contribution in [0, 0.1) is 0 Å². The van der Waals surface area contributed by atoms with Crippen molar-refractivity contribution in [1.82, 2.24) is 4.57 Å². The van der Waals surface area contributed by atoms with Crippen molar-refractivity contribution >= 4 is 35.0 Å². The van der Waals surface area contributed by atoms with Gasteiger partial charge < -0.3 is 9.47 Å². The summed E-state index contributed by atoms with van der Waals surface area (Å²) in [7, 11) is 0. The number of carbonyl (C=O) groups is 1. The quantitative estimate of drug-likeness (QED) is 0.367. The number of esters is 1. The maximum atomic E-state index is 13.7. The number of hydrogen-bond acceptors (Lipinski definition) is 6. The summed E-state index contributed by atoms with van der Waals surface area (Å²) < 4.78 is 13.1. The van der Waals surface area contributed by atoms with Crippen molar-refractivity contribution in [3.05, 3.63) is 108 Å². The summed E-state index contributed by atoms with van der Waals surface area (Å²) in [5, 5.41) is 0.561. The molecule has 0 aliphatic carbocycles. The Kier molecular flexibility index (Phi) is 7.14. The van der Waals surface area contributed by atoms with Gasteiger partial charge >= 0.3 is 5.97 Å². The normalized spacial score (nSPS) is 15.5. The Hall–Kier alpha value is -3.42. The van der Waals surface area contributed by atoms with Gasteiger partial charge in [-0.05, 0) is 43.7 Å². The molecule has 1 aliphatic heterocycles. The second kappa shape index (κ2) is 10.2. The van der Waals surface area contributed by atoms with Gasteiger partial charge in [0.05, 0.1) is 28.5 Å². The van der Waals surface area contributed by atoms with Crippen LogP contribution in [0.5, 0.6) is 5.75 Å². The molecule has 174 valence electrons. The number of thiazole rings is 1. The molecule has 0 saturated carbocycles. The van der Waals surface area contributed by atoms with E-state index in [-0.39, 0.29) is 12.2 Å². The Bertz CT molecular complexity index is 1450. The molecule has 0 radical (unpaired) electrons. The highest BCUT2D eigenvalue weighted by atomic mass is 35.5. The molecule has 3 aromatic rings. The topological polar surface area (TPSA) is 69.9 Å². The average Bonchev–Trinajstić information content (AvgIpc) is 3.12. The van der Waals surface area contributed by atoms with E-state index in [4.69, 9.17) is 21.1 Å². The predicted octanol–water partition coefficient (Wildman–Crippen LogP) is 4.02. The largest absolute Gasteiger partial charge is 0.489 e. The van der Waals surface area contributed by atoms with Gasteiger partial charge in [0.1, 0.15) is 12.4 Å². The van der Waals surface area contributed by atoms with Crippen LogP contribution in [-0.4, -0.2) is 23.8 Å². The zero-order valence-corrected chi connectivity index (χ0v) is 20.4. The monoisotopic (exact) mass is 494 g/mol. The molecular weight excluding hydrogens is 472 g/mol. The summed E-state index contributed by atoms with van der Waals surface area (Å²) in [6, 6.07) is 13.9. The van der Waals surface area contributed by atoms with E-state index < -0.39 is 12.0 Å². The van der Waals surface area contributed by atoms with Gasteiger partial charge in [-0.25, -0.2) is 9.79 Å². The van der Waals surface area contributed by atoms with Crippen LogP contribution in [0.25, 0.3) is 6.08 Å². The Morgan fingerprint density at radius 1 is 1.24 bits per heavy atom. The van der Waals surface area contributed by atoms with Crippen molar-refractivity contribution in [3.63, 3.8) is 0 Å². The number of benzene rings is 2. The number of para-hydroxylation sites is 1. The highest BCUT2D eigenvalue weighted by Crippen LogP contribution is 2.31. The number of halogens is 1. The van der Waals surface area contributed by atoms with Crippen LogP contribution in [0.4, 0.5) is 0 Å². The third-order valence-corrected chi connectivity index (χ3v) is 6.50. The van der Waals surface area contributed by atoms with Gasteiger partial charge in [-0.15, -0.1) is 0 Å². The average molecular weight is 495 g/mol. The molecule has 0 bridgehead atoms. The molecule has 2 heterocycles. The standard InChI is InChI=1S/C26H23ClN2O4S/c1-4-14-33-20-9-7-6-8-18(20)15-21-24(30)29-23(17-10-12-19(27)13-11-17)22(25(31)32-5-2)16(3)28-26(29)34-21/h4,6-13,15,23H,1,5,14H2,2-3H3/b21-15-/t23-/m0/s1. The predicted molar refractivity (Wildman–Crippen MR) is 134 cm³/mol. The molecule has 1 aromatic heterocycles. The summed E-state index contributed by atoms with van der Waals surface area (Å²) in [4.78, 5) is 31.7. The Morgan fingerprint density at radius 3 is 2.68 bits per heavy atom. The van der Waals surface area contributed by atoms with E-state index in [1.54, 1.807) is 54.8 Å². The van der Waals surface area contributed by atoms with Gasteiger partial charge in [0, 0.05) is 10.6 Å². The van der Waals surface area contributed by atoms with E-state index in [1.807, 2.05) is 24.3 Å². The number of fused-ring (bicyclic) bond motifs is 1. The van der Waals surface area contributed by atoms with E-state index in [1.165, 1.54) is 11.3 Å². The fraction of sp³-hybridized carbons (Fsp3) is 0.192. The summed E-state index contributed by atoms with van der Waals surface area (Å²) in [6.07, 6.45) is 3.45. The molecule has 0 fully saturated rings. The van der Waals surface area contributed by atoms with Crippen molar-refractivity contribution in [2.24, 2.45) is 4.99 Å². The minimum atomic E-state index is -0.679. The number of carbonyl (C=O) groups excluding carboxylic acids is 1. The minimum absolute atomic E-state index is 0.217. The second-order valence-electron chi connectivity index (χ2n) is 7.49. The third-order valence-electron chi connectivity index (χ3n) is 5.27. The molecule has 0 unspecified atom stereocenters. The maximum Gasteiger partial charge on any atom is 0.338 e. The third kappa shape index (κ3) is 4.62. The SMILES string of the molecule is C=CCOc1ccccc1/C=c1\sc2n(c1=O)[C@@H](c1ccc(Cl)cc1)C(C(=O)OCC)=C(C)N=2. The van der Waals surface area contributed by atoms with E-state index >= 15 is 0 Å². The van der Waals surface area contributed by atoms with Crippen LogP contribution in [0.3, 0.4) is 0 Å². The Balaban J connectivity index is 1.92. The highest BCUT2D eigenvalue weighted by molar-refractivity contribution is 7.07. The Labute approximate surface area is 205 Å². The minimum Gasteiger partial charge on any atom is -0.489 e. The molecule has 0 saturated heterocycles. The lowest BCUT2D eigenvalue weighted by Gasteiger charge is -2.24. The van der Waals surface area contributed by atoms with Gasteiger partial charge in [-0.2, -0.15) is 0 Å². The number of allylic oxidation sites excluding steroid dienone is 1. The van der Waals surface area contributed by atoms with Crippen molar-refractivity contribution in [1.29, 1.82) is 0 Å². The molecule has 1 aliphatic rings. The lowest BCUT2D eigenvalue weighted by atomic mass is 9.96. The fourth-order valence-corrected chi connectivity index (χ4v) is 4.94. The molecule has 4 rings (SSSR count). The number of hydrogen-bond donors (Lipinski definition) is 0. The maximum absolute atomic E-state index is 13.7. The van der Waals surface area contributed by atoms with E-state index in [9.17, 15) is 9.59 Å². The lowest BCUT2D eigenvalue weighted by molar-refractivity contribution is -0.139. The van der Waals surface area contributed by atoms with Gasteiger partial charge in [0.15, 0.2) is 4.80 Å². The van der Waals surface area contributed by atoms with E-state index in [0.29, 0.717) is 38.0 Å². The van der Waals surface area contributed by atoms with Crippen LogP contribution >= 0.6 is 22.9 Å². The molecule has 2 aromatic carbocycles. The first-order valence-corrected chi connectivity index (χ1v) is 11.9. The zero-order chi connectivity index (χ0) is 24.2. The molecule has 34 heavy (non-hydrogen) atoms. The smallest absolute Gasteiger partial charge is 0.338 e. The summed E-state index contributed by atoms with van der Waals surface area (Å²) in [5.74, 6) is 0.145. The van der Waals surface area contributed by atoms with E-state index in [0.717, 1.165) is 11.1 Å². The van der Waals surface area contributed by atoms with Crippen LogP contribution < -0.4 is 19.6 Å². The van der Waals surface area contributed by atoms with Crippen LogP contribution in [-0.2, 0) is 9.53 Å². The Morgan fingerprint density at radius 2 is 1.97 bits per heavy atom. The molecule has 0 spiro atoms. The van der Waals surface area contributed by atoms with Crippen molar-refractivity contribution in [2.75, 3.05) is 13.2 Å². The van der Waals surface area contributed by atoms with Gasteiger partial charge in [0.2, 0.25) is 0 Å². The van der Waals surface area contributed by atoms with Gasteiger partial charge in [-0.1, -0.05) is 65.9 Å². The van der Waals surface area contributed by atoms with E-state index in [2.05, 4.69) is 11.6 Å². The summed E-state index contributed by atoms with van der Waals surface area (Å²) >= 11 is 7.36. The molecule has 8 heteroatoms. The first-order chi connectivity index (χ1) is 16.4. The molecule has 6 nitrogen and oxygen atoms in total. The first kappa shape index (κ1) is 23.7.